The van der Waals surface area contributed by atoms with Crippen molar-refractivity contribution in [3.63, 3.8) is 0 Å². The Hall–Kier alpha value is -2.60. The van der Waals surface area contributed by atoms with Gasteiger partial charge in [-0.05, 0) is 36.8 Å². The fourth-order valence-corrected chi connectivity index (χ4v) is 1.70. The third-order valence-corrected chi connectivity index (χ3v) is 2.88. The van der Waals surface area contributed by atoms with Gasteiger partial charge in [-0.15, -0.1) is 0 Å². The van der Waals surface area contributed by atoms with Gasteiger partial charge in [-0.3, -0.25) is 9.78 Å². The van der Waals surface area contributed by atoms with Crippen LogP contribution in [0, 0.1) is 18.8 Å². The zero-order valence-electron chi connectivity index (χ0n) is 11.5. The first-order valence-corrected chi connectivity index (χ1v) is 6.28. The molecule has 0 aliphatic carbocycles. The van der Waals surface area contributed by atoms with Gasteiger partial charge in [0.05, 0.1) is 19.2 Å². The average Bonchev–Trinajstić information content (AvgIpc) is 2.48. The van der Waals surface area contributed by atoms with E-state index in [0.29, 0.717) is 0 Å². The van der Waals surface area contributed by atoms with Crippen molar-refractivity contribution in [1.29, 1.82) is 0 Å². The topological polar surface area (TPSA) is 39.2 Å². The summed E-state index contributed by atoms with van der Waals surface area (Å²) in [7, 11) is 1.39. The lowest BCUT2D eigenvalue weighted by atomic mass is 10.1. The monoisotopic (exact) mass is 265 g/mol. The van der Waals surface area contributed by atoms with E-state index in [-0.39, 0.29) is 12.4 Å². The summed E-state index contributed by atoms with van der Waals surface area (Å²) in [4.78, 5) is 15.4. The van der Waals surface area contributed by atoms with Crippen LogP contribution in [0.2, 0.25) is 0 Å². The second-order valence-electron chi connectivity index (χ2n) is 4.34. The number of esters is 1. The van der Waals surface area contributed by atoms with Gasteiger partial charge < -0.3 is 4.74 Å². The van der Waals surface area contributed by atoms with Gasteiger partial charge >= 0.3 is 5.97 Å². The van der Waals surface area contributed by atoms with E-state index in [1.165, 1.54) is 7.11 Å². The van der Waals surface area contributed by atoms with Crippen molar-refractivity contribution >= 4 is 5.97 Å². The zero-order chi connectivity index (χ0) is 14.4. The molecule has 0 spiro atoms. The largest absolute Gasteiger partial charge is 0.469 e. The highest BCUT2D eigenvalue weighted by Crippen LogP contribution is 2.06. The minimum absolute atomic E-state index is 0.241. The highest BCUT2D eigenvalue weighted by Gasteiger charge is 2.01. The summed E-state index contributed by atoms with van der Waals surface area (Å²) in [5.41, 5.74) is 3.66. The lowest BCUT2D eigenvalue weighted by Crippen LogP contribution is -2.04. The Balaban J connectivity index is 2.12. The summed E-state index contributed by atoms with van der Waals surface area (Å²) in [6.45, 7) is 1.93. The van der Waals surface area contributed by atoms with Gasteiger partial charge in [0.2, 0.25) is 0 Å². The van der Waals surface area contributed by atoms with Crippen molar-refractivity contribution in [2.45, 2.75) is 13.3 Å². The molecule has 0 aliphatic heterocycles. The normalized spacial score (nSPS) is 9.50. The number of ether oxygens (including phenoxy) is 1. The molecule has 0 fully saturated rings. The van der Waals surface area contributed by atoms with Gasteiger partial charge in [0, 0.05) is 17.3 Å². The molecule has 20 heavy (non-hydrogen) atoms. The molecule has 1 heterocycles. The first kappa shape index (κ1) is 13.8. The number of pyridine rings is 1. The molecule has 0 amide bonds. The lowest BCUT2D eigenvalue weighted by Gasteiger charge is -1.99. The highest BCUT2D eigenvalue weighted by molar-refractivity contribution is 5.72. The molecule has 1 aromatic carbocycles. The van der Waals surface area contributed by atoms with E-state index in [4.69, 9.17) is 0 Å². The molecule has 0 saturated carbocycles. The number of benzene rings is 1. The van der Waals surface area contributed by atoms with Crippen molar-refractivity contribution in [3.8, 4) is 11.8 Å². The predicted octanol–water partition coefficient (Wildman–Crippen LogP) is 2.51. The number of rotatable bonds is 2. The van der Waals surface area contributed by atoms with Gasteiger partial charge in [0.1, 0.15) is 0 Å². The lowest BCUT2D eigenvalue weighted by molar-refractivity contribution is -0.139. The standard InChI is InChI=1S/C17H15NO2/c1-13-16(4-3-11-18-13)10-9-14-5-7-15(8-6-14)12-17(19)20-2/h3-8,11H,12H2,1-2H3. The van der Waals surface area contributed by atoms with Crippen molar-refractivity contribution in [1.82, 2.24) is 4.98 Å². The number of nitrogens with zero attached hydrogens (tertiary/aromatic N) is 1. The van der Waals surface area contributed by atoms with Crippen molar-refractivity contribution < 1.29 is 9.53 Å². The molecule has 3 heteroatoms. The Morgan fingerprint density at radius 3 is 2.60 bits per heavy atom. The van der Waals surface area contributed by atoms with Crippen LogP contribution < -0.4 is 0 Å². The molecule has 0 aliphatic rings. The average molecular weight is 265 g/mol. The van der Waals surface area contributed by atoms with Crippen LogP contribution in [-0.4, -0.2) is 18.1 Å². The summed E-state index contributed by atoms with van der Waals surface area (Å²) >= 11 is 0. The van der Waals surface area contributed by atoms with Gasteiger partial charge in [0.25, 0.3) is 0 Å². The summed E-state index contributed by atoms with van der Waals surface area (Å²) in [5, 5.41) is 0. The molecular weight excluding hydrogens is 250 g/mol. The maximum Gasteiger partial charge on any atom is 0.309 e. The molecule has 0 bridgehead atoms. The maximum absolute atomic E-state index is 11.2. The molecule has 2 aromatic rings. The quantitative estimate of drug-likeness (QED) is 0.618. The Morgan fingerprint density at radius 1 is 1.20 bits per heavy atom. The summed E-state index contributed by atoms with van der Waals surface area (Å²) < 4.78 is 4.63. The van der Waals surface area contributed by atoms with Crippen LogP contribution in [0.25, 0.3) is 0 Å². The van der Waals surface area contributed by atoms with Gasteiger partial charge in [-0.2, -0.15) is 0 Å². The molecule has 0 radical (unpaired) electrons. The van der Waals surface area contributed by atoms with Crippen LogP contribution in [0.4, 0.5) is 0 Å². The van der Waals surface area contributed by atoms with Crippen molar-refractivity contribution in [2.75, 3.05) is 7.11 Å². The van der Waals surface area contributed by atoms with E-state index in [9.17, 15) is 4.79 Å². The molecule has 0 atom stereocenters. The molecule has 2 rings (SSSR count). The number of aryl methyl sites for hydroxylation is 1. The van der Waals surface area contributed by atoms with Crippen LogP contribution in [0.15, 0.2) is 42.6 Å². The molecular formula is C17H15NO2. The van der Waals surface area contributed by atoms with E-state index in [2.05, 4.69) is 21.6 Å². The van der Waals surface area contributed by atoms with E-state index in [0.717, 1.165) is 22.4 Å². The summed E-state index contributed by atoms with van der Waals surface area (Å²) in [6, 6.07) is 11.4. The Kier molecular flexibility index (Phi) is 4.52. The zero-order valence-corrected chi connectivity index (χ0v) is 11.5. The number of methoxy groups -OCH3 is 1. The van der Waals surface area contributed by atoms with Gasteiger partial charge in [-0.25, -0.2) is 0 Å². The number of hydrogen-bond donors (Lipinski definition) is 0. The minimum Gasteiger partial charge on any atom is -0.469 e. The summed E-state index contributed by atoms with van der Waals surface area (Å²) in [6.07, 6.45) is 2.04. The van der Waals surface area contributed by atoms with Crippen molar-refractivity contribution in [3.05, 3.63) is 65.0 Å². The Bertz CT molecular complexity index is 663. The van der Waals surface area contributed by atoms with Crippen molar-refractivity contribution in [2.24, 2.45) is 0 Å². The first-order chi connectivity index (χ1) is 9.69. The number of carbonyl (C=O) groups is 1. The van der Waals surface area contributed by atoms with Crippen LogP contribution in [-0.2, 0) is 16.0 Å². The Morgan fingerprint density at radius 2 is 1.95 bits per heavy atom. The van der Waals surface area contributed by atoms with E-state index >= 15 is 0 Å². The third-order valence-electron chi connectivity index (χ3n) is 2.88. The second kappa shape index (κ2) is 6.53. The third kappa shape index (κ3) is 3.69. The predicted molar refractivity (Wildman–Crippen MR) is 77.1 cm³/mol. The smallest absolute Gasteiger partial charge is 0.309 e. The highest BCUT2D eigenvalue weighted by atomic mass is 16.5. The number of hydrogen-bond acceptors (Lipinski definition) is 3. The maximum atomic E-state index is 11.2. The molecule has 100 valence electrons. The minimum atomic E-state index is -0.241. The van der Waals surface area contributed by atoms with Crippen LogP contribution in [0.1, 0.15) is 22.4 Å². The molecule has 0 N–H and O–H groups in total. The second-order valence-corrected chi connectivity index (χ2v) is 4.34. The van der Waals surface area contributed by atoms with Gasteiger partial charge in [0.15, 0.2) is 0 Å². The van der Waals surface area contributed by atoms with E-state index in [1.54, 1.807) is 6.20 Å². The number of carbonyl (C=O) groups excluding carboxylic acids is 1. The number of aromatic nitrogens is 1. The van der Waals surface area contributed by atoms with E-state index < -0.39 is 0 Å². The molecule has 0 unspecified atom stereocenters. The van der Waals surface area contributed by atoms with Crippen LogP contribution in [0.5, 0.6) is 0 Å². The fraction of sp³-hybridized carbons (Fsp3) is 0.176. The molecule has 3 nitrogen and oxygen atoms in total. The van der Waals surface area contributed by atoms with Gasteiger partial charge in [-0.1, -0.05) is 24.0 Å². The summed E-state index contributed by atoms with van der Waals surface area (Å²) in [5.74, 6) is 5.95. The first-order valence-electron chi connectivity index (χ1n) is 6.28. The van der Waals surface area contributed by atoms with Crippen LogP contribution >= 0.6 is 0 Å². The fourth-order valence-electron chi connectivity index (χ4n) is 1.70. The Labute approximate surface area is 118 Å². The van der Waals surface area contributed by atoms with Crippen LogP contribution in [0.3, 0.4) is 0 Å². The SMILES string of the molecule is COC(=O)Cc1ccc(C#Cc2cccnc2C)cc1. The van der Waals surface area contributed by atoms with E-state index in [1.807, 2.05) is 43.3 Å². The molecule has 0 saturated heterocycles. The molecule has 1 aromatic heterocycles.